The van der Waals surface area contributed by atoms with Gasteiger partial charge in [0.1, 0.15) is 12.9 Å². The van der Waals surface area contributed by atoms with Gasteiger partial charge in [-0.15, -0.1) is 0 Å². The maximum absolute atomic E-state index is 12.8. The van der Waals surface area contributed by atoms with Gasteiger partial charge in [-0.3, -0.25) is 0 Å². The Bertz CT molecular complexity index is 412. The van der Waals surface area contributed by atoms with Crippen LogP contribution in [-0.4, -0.2) is 12.8 Å². The molecule has 0 aliphatic carbocycles. The summed E-state index contributed by atoms with van der Waals surface area (Å²) in [5.41, 5.74) is -1.23. The highest BCUT2D eigenvalue weighted by molar-refractivity contribution is 5.99. The first-order chi connectivity index (χ1) is 7.36. The Hall–Kier alpha value is -1.59. The lowest BCUT2D eigenvalue weighted by Gasteiger charge is -2.12. The number of nitrogens with zero attached hydrogens (tertiary/aromatic N) is 1. The fraction of sp³-hybridized carbons (Fsp3) is 0.300. The van der Waals surface area contributed by atoms with Crippen LogP contribution in [0.4, 0.5) is 17.6 Å². The molecule has 0 atom stereocenters. The van der Waals surface area contributed by atoms with Crippen LogP contribution in [0, 0.1) is 5.82 Å². The molecule has 0 heterocycles. The van der Waals surface area contributed by atoms with E-state index in [-0.39, 0.29) is 11.3 Å². The van der Waals surface area contributed by atoms with Gasteiger partial charge >= 0.3 is 6.18 Å². The van der Waals surface area contributed by atoms with Crippen molar-refractivity contribution >= 4 is 5.71 Å². The Labute approximate surface area is 89.5 Å². The number of hydrogen-bond donors (Lipinski definition) is 0. The van der Waals surface area contributed by atoms with Crippen LogP contribution < -0.4 is 0 Å². The fourth-order valence-electron chi connectivity index (χ4n) is 1.25. The molecule has 0 aromatic heterocycles. The van der Waals surface area contributed by atoms with Crippen molar-refractivity contribution in [3.8, 4) is 0 Å². The Morgan fingerprint density at radius 1 is 1.31 bits per heavy atom. The Morgan fingerprint density at radius 3 is 2.44 bits per heavy atom. The van der Waals surface area contributed by atoms with Crippen LogP contribution in [-0.2, 0) is 11.0 Å². The number of oxime groups is 1. The van der Waals surface area contributed by atoms with Crippen LogP contribution in [0.3, 0.4) is 0 Å². The fourth-order valence-corrected chi connectivity index (χ4v) is 1.25. The maximum Gasteiger partial charge on any atom is 0.417 e. The zero-order valence-corrected chi connectivity index (χ0v) is 8.60. The van der Waals surface area contributed by atoms with E-state index in [0.717, 1.165) is 12.1 Å². The lowest BCUT2D eigenvalue weighted by molar-refractivity contribution is -0.137. The highest BCUT2D eigenvalue weighted by Gasteiger charge is 2.34. The van der Waals surface area contributed by atoms with E-state index in [1.807, 2.05) is 0 Å². The first-order valence-corrected chi connectivity index (χ1v) is 4.31. The molecule has 0 fully saturated rings. The van der Waals surface area contributed by atoms with Crippen LogP contribution in [0.15, 0.2) is 23.4 Å². The highest BCUT2D eigenvalue weighted by Crippen LogP contribution is 2.32. The molecule has 2 nitrogen and oxygen atoms in total. The molecule has 6 heteroatoms. The van der Waals surface area contributed by atoms with E-state index >= 15 is 0 Å². The van der Waals surface area contributed by atoms with Gasteiger partial charge < -0.3 is 4.84 Å². The molecule has 0 aliphatic heterocycles. The summed E-state index contributed by atoms with van der Waals surface area (Å²) in [5.74, 6) is -0.943. The standard InChI is InChI=1S/C10H9F4NO/c1-6(15-16-2)8-4-3-7(11)5-9(8)10(12,13)14/h3-5H,1-2H3. The minimum Gasteiger partial charge on any atom is -0.399 e. The van der Waals surface area contributed by atoms with Crippen molar-refractivity contribution in [3.63, 3.8) is 0 Å². The monoisotopic (exact) mass is 235 g/mol. The van der Waals surface area contributed by atoms with Crippen molar-refractivity contribution < 1.29 is 22.4 Å². The maximum atomic E-state index is 12.8. The van der Waals surface area contributed by atoms with Gasteiger partial charge in [0.25, 0.3) is 0 Å². The second-order valence-electron chi connectivity index (χ2n) is 3.05. The number of halogens is 4. The lowest BCUT2D eigenvalue weighted by atomic mass is 10.0. The summed E-state index contributed by atoms with van der Waals surface area (Å²) in [7, 11) is 1.22. The Morgan fingerprint density at radius 2 is 1.94 bits per heavy atom. The summed E-state index contributed by atoms with van der Waals surface area (Å²) < 4.78 is 50.5. The molecule has 0 amide bonds. The molecular weight excluding hydrogens is 226 g/mol. The van der Waals surface area contributed by atoms with Gasteiger partial charge in [-0.05, 0) is 25.1 Å². The van der Waals surface area contributed by atoms with Crippen LogP contribution >= 0.6 is 0 Å². The first kappa shape index (κ1) is 12.5. The minimum atomic E-state index is -4.62. The van der Waals surface area contributed by atoms with Crippen molar-refractivity contribution in [3.05, 3.63) is 35.1 Å². The molecule has 1 aromatic rings. The lowest BCUT2D eigenvalue weighted by Crippen LogP contribution is -2.12. The summed E-state index contributed by atoms with van der Waals surface area (Å²) >= 11 is 0. The van der Waals surface area contributed by atoms with Gasteiger partial charge in [-0.25, -0.2) is 4.39 Å². The van der Waals surface area contributed by atoms with Crippen LogP contribution in [0.5, 0.6) is 0 Å². The van der Waals surface area contributed by atoms with E-state index in [1.165, 1.54) is 14.0 Å². The molecule has 1 aromatic carbocycles. The number of rotatable bonds is 2. The van der Waals surface area contributed by atoms with Crippen LogP contribution in [0.2, 0.25) is 0 Å². The zero-order chi connectivity index (χ0) is 12.3. The summed E-state index contributed by atoms with van der Waals surface area (Å²) in [6.07, 6.45) is -4.62. The first-order valence-electron chi connectivity index (χ1n) is 4.31. The third-order valence-electron chi connectivity index (χ3n) is 1.91. The summed E-state index contributed by atoms with van der Waals surface area (Å²) in [4.78, 5) is 4.38. The molecule has 0 bridgehead atoms. The number of benzene rings is 1. The van der Waals surface area contributed by atoms with E-state index in [1.54, 1.807) is 0 Å². The van der Waals surface area contributed by atoms with E-state index in [4.69, 9.17) is 0 Å². The molecule has 88 valence electrons. The largest absolute Gasteiger partial charge is 0.417 e. The smallest absolute Gasteiger partial charge is 0.399 e. The average molecular weight is 235 g/mol. The SMILES string of the molecule is CON=C(C)c1ccc(F)cc1C(F)(F)F. The average Bonchev–Trinajstić information content (AvgIpc) is 2.16. The molecule has 0 radical (unpaired) electrons. The second-order valence-corrected chi connectivity index (χ2v) is 3.05. The van der Waals surface area contributed by atoms with Crippen LogP contribution in [0.1, 0.15) is 18.1 Å². The third kappa shape index (κ3) is 2.71. The predicted octanol–water partition coefficient (Wildman–Crippen LogP) is 3.21. The van der Waals surface area contributed by atoms with Crippen molar-refractivity contribution in [2.24, 2.45) is 5.16 Å². The molecule has 1 rings (SSSR count). The van der Waals surface area contributed by atoms with Gasteiger partial charge in [0, 0.05) is 5.56 Å². The number of hydrogen-bond acceptors (Lipinski definition) is 2. The van der Waals surface area contributed by atoms with Crippen molar-refractivity contribution in [1.29, 1.82) is 0 Å². The molecular formula is C10H9F4NO. The zero-order valence-electron chi connectivity index (χ0n) is 8.60. The summed E-state index contributed by atoms with van der Waals surface area (Å²) in [6, 6.07) is 2.40. The minimum absolute atomic E-state index is 0.0369. The molecule has 0 N–H and O–H groups in total. The molecule has 0 saturated heterocycles. The van der Waals surface area contributed by atoms with E-state index in [2.05, 4.69) is 9.99 Å². The predicted molar refractivity (Wildman–Crippen MR) is 50.6 cm³/mol. The van der Waals surface area contributed by atoms with E-state index < -0.39 is 17.6 Å². The van der Waals surface area contributed by atoms with Crippen molar-refractivity contribution in [2.75, 3.05) is 7.11 Å². The van der Waals surface area contributed by atoms with Crippen molar-refractivity contribution in [2.45, 2.75) is 13.1 Å². The Kier molecular flexibility index (Phi) is 3.51. The molecule has 0 spiro atoms. The van der Waals surface area contributed by atoms with Gasteiger partial charge in [-0.2, -0.15) is 13.2 Å². The van der Waals surface area contributed by atoms with E-state index in [9.17, 15) is 17.6 Å². The molecule has 16 heavy (non-hydrogen) atoms. The third-order valence-corrected chi connectivity index (χ3v) is 1.91. The highest BCUT2D eigenvalue weighted by atomic mass is 19.4. The van der Waals surface area contributed by atoms with Crippen molar-refractivity contribution in [1.82, 2.24) is 0 Å². The Balaban J connectivity index is 3.34. The topological polar surface area (TPSA) is 21.6 Å². The quantitative estimate of drug-likeness (QED) is 0.438. The second kappa shape index (κ2) is 4.51. The summed E-state index contributed by atoms with van der Waals surface area (Å²) in [5, 5.41) is 3.39. The summed E-state index contributed by atoms with van der Waals surface area (Å²) in [6.45, 7) is 1.35. The van der Waals surface area contributed by atoms with Gasteiger partial charge in [0.15, 0.2) is 0 Å². The normalized spacial score (nSPS) is 12.8. The van der Waals surface area contributed by atoms with Crippen LogP contribution in [0.25, 0.3) is 0 Å². The molecule has 0 aliphatic rings. The molecule has 0 saturated carbocycles. The number of alkyl halides is 3. The van der Waals surface area contributed by atoms with Gasteiger partial charge in [0.05, 0.1) is 11.3 Å². The van der Waals surface area contributed by atoms with E-state index in [0.29, 0.717) is 6.07 Å². The molecule has 0 unspecified atom stereocenters. The van der Waals surface area contributed by atoms with Gasteiger partial charge in [-0.1, -0.05) is 5.16 Å². The van der Waals surface area contributed by atoms with Gasteiger partial charge in [0.2, 0.25) is 0 Å².